The van der Waals surface area contributed by atoms with Crippen LogP contribution in [0.4, 0.5) is 0 Å². The number of rotatable bonds is 1. The molecule has 64 valence electrons. The molecule has 0 aromatic rings. The molecule has 1 unspecified atom stereocenters. The average Bonchev–Trinajstić information content (AvgIpc) is 2.88. The lowest BCUT2D eigenvalue weighted by Crippen LogP contribution is -2.09. The van der Waals surface area contributed by atoms with Crippen molar-refractivity contribution >= 4 is 6.29 Å². The molecule has 1 fully saturated rings. The number of allylic oxidation sites excluding steroid dienone is 8. The van der Waals surface area contributed by atoms with E-state index in [9.17, 15) is 4.79 Å². The van der Waals surface area contributed by atoms with E-state index in [0.717, 1.165) is 11.9 Å². The summed E-state index contributed by atoms with van der Waals surface area (Å²) in [4.78, 5) is 10.6. The summed E-state index contributed by atoms with van der Waals surface area (Å²) < 4.78 is 0. The van der Waals surface area contributed by atoms with E-state index in [1.165, 1.54) is 12.0 Å². The van der Waals surface area contributed by atoms with E-state index in [2.05, 4.69) is 24.3 Å². The highest BCUT2D eigenvalue weighted by Crippen LogP contribution is 2.62. The van der Waals surface area contributed by atoms with Gasteiger partial charge in [0.2, 0.25) is 0 Å². The third kappa shape index (κ3) is 0.791. The van der Waals surface area contributed by atoms with Gasteiger partial charge in [-0.3, -0.25) is 4.79 Å². The molecule has 0 N–H and O–H groups in total. The maximum atomic E-state index is 10.6. The molecule has 0 saturated heterocycles. The first kappa shape index (κ1) is 7.07. The lowest BCUT2D eigenvalue weighted by atomic mass is 9.84. The van der Waals surface area contributed by atoms with Crippen molar-refractivity contribution in [1.29, 1.82) is 0 Å². The third-order valence-corrected chi connectivity index (χ3v) is 3.25. The van der Waals surface area contributed by atoms with E-state index >= 15 is 0 Å². The van der Waals surface area contributed by atoms with Crippen LogP contribution >= 0.6 is 0 Å². The van der Waals surface area contributed by atoms with E-state index in [-0.39, 0.29) is 5.41 Å². The van der Waals surface area contributed by atoms with Crippen molar-refractivity contribution in [3.05, 3.63) is 47.6 Å². The first-order chi connectivity index (χ1) is 6.35. The zero-order chi connectivity index (χ0) is 8.89. The van der Waals surface area contributed by atoms with E-state index in [4.69, 9.17) is 0 Å². The Balaban J connectivity index is 2.10. The van der Waals surface area contributed by atoms with E-state index in [1.807, 2.05) is 12.2 Å². The maximum Gasteiger partial charge on any atom is 0.150 e. The Morgan fingerprint density at radius 3 is 3.31 bits per heavy atom. The second-order valence-corrected chi connectivity index (χ2v) is 3.95. The van der Waals surface area contributed by atoms with Gasteiger partial charge in [0.15, 0.2) is 0 Å². The molecule has 0 aromatic carbocycles. The number of carbonyl (C=O) groups excluding carboxylic acids is 1. The van der Waals surface area contributed by atoms with Gasteiger partial charge in [0.1, 0.15) is 6.29 Å². The van der Waals surface area contributed by atoms with Crippen LogP contribution in [0.25, 0.3) is 0 Å². The van der Waals surface area contributed by atoms with Crippen LogP contribution in [0.1, 0.15) is 6.42 Å². The zero-order valence-corrected chi connectivity index (χ0v) is 7.23. The van der Waals surface area contributed by atoms with Crippen molar-refractivity contribution in [2.75, 3.05) is 0 Å². The predicted octanol–water partition coefficient (Wildman–Crippen LogP) is 2.18. The number of hydrogen-bond acceptors (Lipinski definition) is 1. The summed E-state index contributed by atoms with van der Waals surface area (Å²) in [5.74, 6) is 0.688. The van der Waals surface area contributed by atoms with Crippen LogP contribution in [0.3, 0.4) is 0 Å². The molecule has 0 heterocycles. The monoisotopic (exact) mass is 170 g/mol. The fourth-order valence-corrected chi connectivity index (χ4v) is 2.34. The van der Waals surface area contributed by atoms with Crippen molar-refractivity contribution in [3.8, 4) is 0 Å². The van der Waals surface area contributed by atoms with Gasteiger partial charge in [-0.2, -0.15) is 0 Å². The molecule has 3 rings (SSSR count). The first-order valence-electron chi connectivity index (χ1n) is 4.60. The van der Waals surface area contributed by atoms with Gasteiger partial charge in [0.25, 0.3) is 0 Å². The highest BCUT2D eigenvalue weighted by atomic mass is 16.1. The van der Waals surface area contributed by atoms with Crippen molar-refractivity contribution in [2.24, 2.45) is 11.3 Å². The molecular weight excluding hydrogens is 160 g/mol. The molecular formula is C12H10O. The third-order valence-electron chi connectivity index (χ3n) is 3.25. The lowest BCUT2D eigenvalue weighted by Gasteiger charge is -2.19. The van der Waals surface area contributed by atoms with Gasteiger partial charge in [0.05, 0.1) is 0 Å². The summed E-state index contributed by atoms with van der Waals surface area (Å²) in [6, 6.07) is 0. The van der Waals surface area contributed by atoms with E-state index in [1.54, 1.807) is 0 Å². The van der Waals surface area contributed by atoms with Gasteiger partial charge in [-0.05, 0) is 24.0 Å². The van der Waals surface area contributed by atoms with Gasteiger partial charge < -0.3 is 0 Å². The molecule has 3 aliphatic carbocycles. The molecule has 3 aliphatic rings. The van der Waals surface area contributed by atoms with Crippen molar-refractivity contribution < 1.29 is 4.79 Å². The largest absolute Gasteiger partial charge is 0.298 e. The molecule has 0 radical (unpaired) electrons. The SMILES string of the molecule is O=CC1=CC2=CC=CC3C[C@@]23C=C1. The van der Waals surface area contributed by atoms with Crippen molar-refractivity contribution in [2.45, 2.75) is 6.42 Å². The molecule has 1 nitrogen and oxygen atoms in total. The number of aldehydes is 1. The molecule has 1 saturated carbocycles. The van der Waals surface area contributed by atoms with E-state index < -0.39 is 0 Å². The average molecular weight is 170 g/mol. The Labute approximate surface area is 77.1 Å². The second kappa shape index (κ2) is 2.11. The van der Waals surface area contributed by atoms with E-state index in [0.29, 0.717) is 5.92 Å². The fraction of sp³-hybridized carbons (Fsp3) is 0.250. The Morgan fingerprint density at radius 1 is 1.54 bits per heavy atom. The summed E-state index contributed by atoms with van der Waals surface area (Å²) in [5.41, 5.74) is 2.38. The maximum absolute atomic E-state index is 10.6. The van der Waals surface area contributed by atoms with Gasteiger partial charge in [-0.25, -0.2) is 0 Å². The number of hydrogen-bond donors (Lipinski definition) is 0. The van der Waals surface area contributed by atoms with Crippen LogP contribution in [0.2, 0.25) is 0 Å². The molecule has 1 heteroatoms. The van der Waals surface area contributed by atoms with Crippen LogP contribution in [-0.2, 0) is 4.79 Å². The lowest BCUT2D eigenvalue weighted by molar-refractivity contribution is -0.104. The van der Waals surface area contributed by atoms with Gasteiger partial charge >= 0.3 is 0 Å². The fourth-order valence-electron chi connectivity index (χ4n) is 2.34. The molecule has 0 aliphatic heterocycles. The quantitative estimate of drug-likeness (QED) is 0.551. The Kier molecular flexibility index (Phi) is 1.15. The molecule has 2 atom stereocenters. The topological polar surface area (TPSA) is 17.1 Å². The summed E-state index contributed by atoms with van der Waals surface area (Å²) in [7, 11) is 0. The van der Waals surface area contributed by atoms with Gasteiger partial charge in [0, 0.05) is 11.0 Å². The molecule has 1 spiro atoms. The minimum atomic E-state index is 0.279. The molecule has 0 aromatic heterocycles. The second-order valence-electron chi connectivity index (χ2n) is 3.95. The van der Waals surface area contributed by atoms with Crippen LogP contribution in [0, 0.1) is 11.3 Å². The smallest absolute Gasteiger partial charge is 0.150 e. The van der Waals surface area contributed by atoms with Crippen LogP contribution in [0.15, 0.2) is 47.6 Å². The standard InChI is InChI=1S/C12H10O/c13-8-9-4-5-12-7-11(12)3-1-2-10(12)6-9/h1-6,8,11H,7H2/t11?,12-/m0/s1. The Bertz CT molecular complexity index is 395. The summed E-state index contributed by atoms with van der Waals surface area (Å²) >= 11 is 0. The highest BCUT2D eigenvalue weighted by molar-refractivity contribution is 5.80. The zero-order valence-electron chi connectivity index (χ0n) is 7.23. The minimum Gasteiger partial charge on any atom is -0.298 e. The van der Waals surface area contributed by atoms with Crippen molar-refractivity contribution in [1.82, 2.24) is 0 Å². The van der Waals surface area contributed by atoms with Crippen LogP contribution in [-0.4, -0.2) is 6.29 Å². The van der Waals surface area contributed by atoms with Crippen LogP contribution in [0.5, 0.6) is 0 Å². The van der Waals surface area contributed by atoms with Crippen molar-refractivity contribution in [3.63, 3.8) is 0 Å². The molecule has 0 amide bonds. The highest BCUT2D eigenvalue weighted by Gasteiger charge is 2.54. The molecule has 13 heavy (non-hydrogen) atoms. The van der Waals surface area contributed by atoms with Gasteiger partial charge in [-0.1, -0.05) is 30.4 Å². The predicted molar refractivity (Wildman–Crippen MR) is 51.1 cm³/mol. The first-order valence-corrected chi connectivity index (χ1v) is 4.60. The Morgan fingerprint density at radius 2 is 2.46 bits per heavy atom. The van der Waals surface area contributed by atoms with Gasteiger partial charge in [-0.15, -0.1) is 0 Å². The number of carbonyl (C=O) groups is 1. The summed E-state index contributed by atoms with van der Waals surface area (Å²) in [6.07, 6.45) is 14.8. The Hall–Kier alpha value is -1.37. The minimum absolute atomic E-state index is 0.279. The normalized spacial score (nSPS) is 38.6. The molecule has 0 bridgehead atoms. The van der Waals surface area contributed by atoms with Crippen LogP contribution < -0.4 is 0 Å². The summed E-state index contributed by atoms with van der Waals surface area (Å²) in [6.45, 7) is 0. The summed E-state index contributed by atoms with van der Waals surface area (Å²) in [5, 5.41) is 0.